The molecular weight excluding hydrogens is 357 g/mol. The van der Waals surface area contributed by atoms with E-state index in [0.29, 0.717) is 5.75 Å². The van der Waals surface area contributed by atoms with Crippen molar-refractivity contribution >= 4 is 17.6 Å². The van der Waals surface area contributed by atoms with E-state index in [4.69, 9.17) is 18.9 Å². The maximum Gasteiger partial charge on any atom is 0.339 e. The Morgan fingerprint density at radius 3 is 2.15 bits per heavy atom. The predicted octanol–water partition coefficient (Wildman–Crippen LogP) is 3.04. The van der Waals surface area contributed by atoms with Crippen molar-refractivity contribution in [3.8, 4) is 17.2 Å². The monoisotopic (exact) mass is 377 g/mol. The molecule has 1 N–H and O–H groups in total. The van der Waals surface area contributed by atoms with Crippen LogP contribution >= 0.6 is 0 Å². The van der Waals surface area contributed by atoms with Gasteiger partial charge in [0.15, 0.2) is 17.6 Å². The molecule has 0 spiro atoms. The van der Waals surface area contributed by atoms with Crippen LogP contribution < -0.4 is 19.5 Å². The normalized spacial score (nSPS) is 11.3. The van der Waals surface area contributed by atoms with Crippen LogP contribution in [0.1, 0.15) is 17.3 Å². The van der Waals surface area contributed by atoms with Crippen molar-refractivity contribution in [3.05, 3.63) is 47.8 Å². The van der Waals surface area contributed by atoms with E-state index in [9.17, 15) is 14.0 Å². The van der Waals surface area contributed by atoms with Crippen molar-refractivity contribution in [1.82, 2.24) is 0 Å². The number of halogens is 1. The summed E-state index contributed by atoms with van der Waals surface area (Å²) in [6.45, 7) is 1.41. The highest BCUT2D eigenvalue weighted by Crippen LogP contribution is 2.38. The molecule has 0 aliphatic heterocycles. The fourth-order valence-corrected chi connectivity index (χ4v) is 2.29. The molecule has 1 unspecified atom stereocenters. The highest BCUT2D eigenvalue weighted by atomic mass is 19.1. The predicted molar refractivity (Wildman–Crippen MR) is 96.0 cm³/mol. The van der Waals surface area contributed by atoms with Gasteiger partial charge in [-0.05, 0) is 37.3 Å². The standard InChI is InChI=1S/C19H20FNO6/c1-11(18(22)21-14-7-5-6-13(20)10-14)27-19(23)12-8-15(24-2)17(26-4)16(9-12)25-3/h5-11H,1-4H3,(H,21,22). The molecule has 7 nitrogen and oxygen atoms in total. The zero-order chi connectivity index (χ0) is 20.0. The lowest BCUT2D eigenvalue weighted by Gasteiger charge is -2.16. The molecule has 0 bridgehead atoms. The second-order valence-electron chi connectivity index (χ2n) is 5.46. The van der Waals surface area contributed by atoms with E-state index in [1.165, 1.54) is 58.6 Å². The van der Waals surface area contributed by atoms with Gasteiger partial charge in [-0.3, -0.25) is 4.79 Å². The third kappa shape index (κ3) is 4.87. The summed E-state index contributed by atoms with van der Waals surface area (Å²) in [7, 11) is 4.28. The second kappa shape index (κ2) is 8.88. The minimum Gasteiger partial charge on any atom is -0.493 e. The van der Waals surface area contributed by atoms with Crippen LogP contribution in [0, 0.1) is 5.82 Å². The van der Waals surface area contributed by atoms with Crippen LogP contribution in [-0.2, 0) is 9.53 Å². The summed E-state index contributed by atoms with van der Waals surface area (Å²) in [5, 5.41) is 2.48. The van der Waals surface area contributed by atoms with Crippen molar-refractivity contribution in [1.29, 1.82) is 0 Å². The van der Waals surface area contributed by atoms with Crippen LogP contribution in [0.4, 0.5) is 10.1 Å². The number of methoxy groups -OCH3 is 3. The van der Waals surface area contributed by atoms with Gasteiger partial charge in [-0.25, -0.2) is 9.18 Å². The number of benzene rings is 2. The zero-order valence-corrected chi connectivity index (χ0v) is 15.4. The molecule has 2 rings (SSSR count). The molecule has 0 aliphatic rings. The van der Waals surface area contributed by atoms with Crippen LogP contribution in [0.2, 0.25) is 0 Å². The molecule has 0 saturated heterocycles. The summed E-state index contributed by atoms with van der Waals surface area (Å²) in [6.07, 6.45) is -1.11. The summed E-state index contributed by atoms with van der Waals surface area (Å²) in [5.41, 5.74) is 0.380. The maximum absolute atomic E-state index is 13.2. The van der Waals surface area contributed by atoms with Gasteiger partial charge in [0.2, 0.25) is 5.75 Å². The number of carbonyl (C=O) groups excluding carboxylic acids is 2. The van der Waals surface area contributed by atoms with E-state index in [2.05, 4.69) is 5.32 Å². The summed E-state index contributed by atoms with van der Waals surface area (Å²) in [4.78, 5) is 24.5. The Morgan fingerprint density at radius 2 is 1.63 bits per heavy atom. The quantitative estimate of drug-likeness (QED) is 0.747. The fraction of sp³-hybridized carbons (Fsp3) is 0.263. The lowest BCUT2D eigenvalue weighted by molar-refractivity contribution is -0.123. The van der Waals surface area contributed by atoms with Crippen molar-refractivity contribution in [2.24, 2.45) is 0 Å². The number of nitrogens with one attached hydrogen (secondary N) is 1. The van der Waals surface area contributed by atoms with E-state index in [-0.39, 0.29) is 22.7 Å². The minimum atomic E-state index is -1.11. The molecule has 8 heteroatoms. The average Bonchev–Trinajstić information content (AvgIpc) is 2.66. The van der Waals surface area contributed by atoms with E-state index < -0.39 is 23.8 Å². The van der Waals surface area contributed by atoms with Gasteiger partial charge in [0.05, 0.1) is 26.9 Å². The molecule has 0 aromatic heterocycles. The van der Waals surface area contributed by atoms with E-state index >= 15 is 0 Å². The number of hydrogen-bond donors (Lipinski definition) is 1. The van der Waals surface area contributed by atoms with Crippen LogP contribution in [0.5, 0.6) is 17.2 Å². The largest absolute Gasteiger partial charge is 0.493 e. The zero-order valence-electron chi connectivity index (χ0n) is 15.4. The smallest absolute Gasteiger partial charge is 0.339 e. The molecule has 27 heavy (non-hydrogen) atoms. The number of esters is 1. The van der Waals surface area contributed by atoms with Gasteiger partial charge in [0.1, 0.15) is 5.82 Å². The summed E-state index contributed by atoms with van der Waals surface area (Å²) >= 11 is 0. The van der Waals surface area contributed by atoms with E-state index in [0.717, 1.165) is 6.07 Å². The molecule has 2 aromatic carbocycles. The lowest BCUT2D eigenvalue weighted by Crippen LogP contribution is -2.30. The summed E-state index contributed by atoms with van der Waals surface area (Å²) in [5.74, 6) is -0.956. The van der Waals surface area contributed by atoms with Gasteiger partial charge in [0.25, 0.3) is 5.91 Å². The van der Waals surface area contributed by atoms with Gasteiger partial charge < -0.3 is 24.3 Å². The number of ether oxygens (including phenoxy) is 4. The lowest BCUT2D eigenvalue weighted by atomic mass is 10.2. The van der Waals surface area contributed by atoms with Gasteiger partial charge >= 0.3 is 5.97 Å². The number of amides is 1. The van der Waals surface area contributed by atoms with Gasteiger partial charge in [-0.15, -0.1) is 0 Å². The highest BCUT2D eigenvalue weighted by Gasteiger charge is 2.22. The average molecular weight is 377 g/mol. The van der Waals surface area contributed by atoms with Crippen molar-refractivity contribution in [2.45, 2.75) is 13.0 Å². The molecular formula is C19H20FNO6. The fourth-order valence-electron chi connectivity index (χ4n) is 2.29. The number of rotatable bonds is 7. The molecule has 2 aromatic rings. The first-order chi connectivity index (χ1) is 12.9. The SMILES string of the molecule is COc1cc(C(=O)OC(C)C(=O)Nc2cccc(F)c2)cc(OC)c1OC. The topological polar surface area (TPSA) is 83.1 Å². The first kappa shape index (κ1) is 20.0. The molecule has 144 valence electrons. The summed E-state index contributed by atoms with van der Waals surface area (Å²) in [6, 6.07) is 8.23. The molecule has 0 aliphatic carbocycles. The highest BCUT2D eigenvalue weighted by molar-refractivity contribution is 5.97. The van der Waals surface area contributed by atoms with Crippen molar-refractivity contribution < 1.29 is 32.9 Å². The first-order valence-electron chi connectivity index (χ1n) is 7.97. The Labute approximate surface area is 156 Å². The third-order valence-corrected chi connectivity index (χ3v) is 3.65. The molecule has 0 saturated carbocycles. The van der Waals surface area contributed by atoms with E-state index in [1.807, 2.05) is 0 Å². The third-order valence-electron chi connectivity index (χ3n) is 3.65. The Hall–Kier alpha value is -3.29. The molecule has 1 amide bonds. The van der Waals surface area contributed by atoms with Crippen LogP contribution in [0.15, 0.2) is 36.4 Å². The van der Waals surface area contributed by atoms with Gasteiger partial charge in [-0.1, -0.05) is 6.07 Å². The Kier molecular flexibility index (Phi) is 6.59. The van der Waals surface area contributed by atoms with E-state index in [1.54, 1.807) is 0 Å². The number of carbonyl (C=O) groups is 2. The number of anilines is 1. The maximum atomic E-state index is 13.2. The van der Waals surface area contributed by atoms with Crippen LogP contribution in [-0.4, -0.2) is 39.3 Å². The van der Waals surface area contributed by atoms with Crippen LogP contribution in [0.25, 0.3) is 0 Å². The first-order valence-corrected chi connectivity index (χ1v) is 7.97. The second-order valence-corrected chi connectivity index (χ2v) is 5.46. The Morgan fingerprint density at radius 1 is 1.00 bits per heavy atom. The number of hydrogen-bond acceptors (Lipinski definition) is 6. The Bertz CT molecular complexity index is 814. The molecule has 0 radical (unpaired) electrons. The Balaban J connectivity index is 2.12. The minimum absolute atomic E-state index is 0.120. The van der Waals surface area contributed by atoms with Crippen molar-refractivity contribution in [2.75, 3.05) is 26.6 Å². The van der Waals surface area contributed by atoms with Crippen LogP contribution in [0.3, 0.4) is 0 Å². The summed E-state index contributed by atoms with van der Waals surface area (Å²) < 4.78 is 33.9. The van der Waals surface area contributed by atoms with Gasteiger partial charge in [-0.2, -0.15) is 0 Å². The molecule has 1 atom stereocenters. The van der Waals surface area contributed by atoms with Gasteiger partial charge in [0, 0.05) is 5.69 Å². The molecule has 0 fully saturated rings. The van der Waals surface area contributed by atoms with Crippen molar-refractivity contribution in [3.63, 3.8) is 0 Å². The molecule has 0 heterocycles.